The fourth-order valence-electron chi connectivity index (χ4n) is 3.36. The smallest absolute Gasteiger partial charge is 0.305 e. The molecule has 2 aromatic carbocycles. The van der Waals surface area contributed by atoms with E-state index < -0.39 is 21.9 Å². The summed E-state index contributed by atoms with van der Waals surface area (Å²) in [7, 11) is -3.86. The van der Waals surface area contributed by atoms with Crippen molar-refractivity contribution < 1.29 is 27.9 Å². The van der Waals surface area contributed by atoms with Crippen molar-refractivity contribution in [3.63, 3.8) is 0 Å². The number of rotatable bonds is 7. The SMILES string of the molecule is CC(=O)N1CCCc2cc(S(=O)(=O)Nc3ccc(C(=O)NCCC(=O)O)cc3)ccc21. The first-order valence-electron chi connectivity index (χ1n) is 9.71. The van der Waals surface area contributed by atoms with Gasteiger partial charge in [0.05, 0.1) is 11.3 Å². The number of carbonyl (C=O) groups excluding carboxylic acids is 2. The van der Waals surface area contributed by atoms with Crippen LogP contribution < -0.4 is 14.9 Å². The fourth-order valence-corrected chi connectivity index (χ4v) is 4.47. The van der Waals surface area contributed by atoms with E-state index in [4.69, 9.17) is 5.11 Å². The molecule has 3 N–H and O–H groups in total. The number of carboxylic acid groups (broad SMARTS) is 1. The summed E-state index contributed by atoms with van der Waals surface area (Å²) in [5.74, 6) is -1.54. The lowest BCUT2D eigenvalue weighted by Crippen LogP contribution is -2.33. The highest BCUT2D eigenvalue weighted by Gasteiger charge is 2.23. The van der Waals surface area contributed by atoms with Crippen LogP contribution in [0, 0.1) is 0 Å². The molecule has 0 radical (unpaired) electrons. The van der Waals surface area contributed by atoms with Gasteiger partial charge in [0.2, 0.25) is 5.91 Å². The van der Waals surface area contributed by atoms with Crippen LogP contribution in [0.4, 0.5) is 11.4 Å². The number of hydrogen-bond donors (Lipinski definition) is 3. The lowest BCUT2D eigenvalue weighted by atomic mass is 10.0. The molecule has 0 bridgehead atoms. The summed E-state index contributed by atoms with van der Waals surface area (Å²) >= 11 is 0. The van der Waals surface area contributed by atoms with Crippen molar-refractivity contribution in [3.05, 3.63) is 53.6 Å². The first-order valence-corrected chi connectivity index (χ1v) is 11.2. The summed E-state index contributed by atoms with van der Waals surface area (Å²) in [6.07, 6.45) is 1.27. The predicted octanol–water partition coefficient (Wildman–Crippen LogP) is 1.99. The molecule has 2 amide bonds. The molecule has 0 spiro atoms. The second-order valence-electron chi connectivity index (χ2n) is 7.15. The molecule has 1 aliphatic rings. The number of anilines is 2. The van der Waals surface area contributed by atoms with E-state index in [9.17, 15) is 22.8 Å². The van der Waals surface area contributed by atoms with Gasteiger partial charge in [-0.3, -0.25) is 19.1 Å². The molecule has 164 valence electrons. The van der Waals surface area contributed by atoms with Crippen molar-refractivity contribution >= 4 is 39.2 Å². The number of nitrogens with one attached hydrogen (secondary N) is 2. The van der Waals surface area contributed by atoms with Gasteiger partial charge < -0.3 is 15.3 Å². The monoisotopic (exact) mass is 445 g/mol. The Kier molecular flexibility index (Phi) is 6.59. The van der Waals surface area contributed by atoms with E-state index in [-0.39, 0.29) is 35.0 Å². The van der Waals surface area contributed by atoms with Gasteiger partial charge in [-0.1, -0.05) is 0 Å². The largest absolute Gasteiger partial charge is 0.481 e. The fraction of sp³-hybridized carbons (Fsp3) is 0.286. The highest BCUT2D eigenvalue weighted by molar-refractivity contribution is 7.92. The molecule has 10 heteroatoms. The number of hydrogen-bond acceptors (Lipinski definition) is 5. The van der Waals surface area contributed by atoms with Crippen LogP contribution in [0.1, 0.15) is 35.7 Å². The summed E-state index contributed by atoms with van der Waals surface area (Å²) in [6.45, 7) is 2.10. The molecule has 0 aliphatic carbocycles. The van der Waals surface area contributed by atoms with Crippen molar-refractivity contribution in [1.29, 1.82) is 0 Å². The molecule has 3 rings (SSSR count). The minimum Gasteiger partial charge on any atom is -0.481 e. The second kappa shape index (κ2) is 9.17. The number of fused-ring (bicyclic) bond motifs is 1. The number of aliphatic carboxylic acids is 1. The van der Waals surface area contributed by atoms with Crippen LogP contribution >= 0.6 is 0 Å². The highest BCUT2D eigenvalue weighted by atomic mass is 32.2. The third kappa shape index (κ3) is 5.40. The number of carboxylic acids is 1. The van der Waals surface area contributed by atoms with Crippen molar-refractivity contribution in [2.45, 2.75) is 31.1 Å². The molecule has 0 unspecified atom stereocenters. The van der Waals surface area contributed by atoms with Crippen LogP contribution in [0.15, 0.2) is 47.4 Å². The third-order valence-corrected chi connectivity index (χ3v) is 6.26. The van der Waals surface area contributed by atoms with E-state index in [1.54, 1.807) is 17.0 Å². The number of nitrogens with zero attached hydrogens (tertiary/aromatic N) is 1. The topological polar surface area (TPSA) is 133 Å². The maximum absolute atomic E-state index is 12.8. The summed E-state index contributed by atoms with van der Waals surface area (Å²) in [5, 5.41) is 11.1. The Balaban J connectivity index is 1.72. The molecule has 1 heterocycles. The summed E-state index contributed by atoms with van der Waals surface area (Å²) in [5.41, 5.74) is 2.10. The normalized spacial score (nSPS) is 13.3. The van der Waals surface area contributed by atoms with E-state index >= 15 is 0 Å². The van der Waals surface area contributed by atoms with Crippen LogP contribution in [-0.2, 0) is 26.0 Å². The number of carbonyl (C=O) groups is 3. The number of benzene rings is 2. The van der Waals surface area contributed by atoms with E-state index in [0.717, 1.165) is 17.7 Å². The molecule has 31 heavy (non-hydrogen) atoms. The maximum Gasteiger partial charge on any atom is 0.305 e. The van der Waals surface area contributed by atoms with Gasteiger partial charge in [0, 0.05) is 37.0 Å². The number of sulfonamides is 1. The van der Waals surface area contributed by atoms with Crippen LogP contribution in [0.3, 0.4) is 0 Å². The van der Waals surface area contributed by atoms with Crippen LogP contribution in [0.25, 0.3) is 0 Å². The summed E-state index contributed by atoms with van der Waals surface area (Å²) < 4.78 is 28.1. The van der Waals surface area contributed by atoms with E-state index in [1.807, 2.05) is 0 Å². The average molecular weight is 445 g/mol. The lowest BCUT2D eigenvalue weighted by Gasteiger charge is -2.28. The van der Waals surface area contributed by atoms with Gasteiger partial charge in [0.25, 0.3) is 15.9 Å². The molecule has 0 atom stereocenters. The molecule has 0 saturated carbocycles. The Morgan fingerprint density at radius 1 is 1.10 bits per heavy atom. The Morgan fingerprint density at radius 2 is 1.81 bits per heavy atom. The molecule has 1 aliphatic heterocycles. The van der Waals surface area contributed by atoms with Crippen LogP contribution in [0.2, 0.25) is 0 Å². The molecular weight excluding hydrogens is 422 g/mol. The first-order chi connectivity index (χ1) is 14.7. The van der Waals surface area contributed by atoms with E-state index in [2.05, 4.69) is 10.0 Å². The molecule has 9 nitrogen and oxygen atoms in total. The van der Waals surface area contributed by atoms with Crippen molar-refractivity contribution in [2.75, 3.05) is 22.7 Å². The third-order valence-electron chi connectivity index (χ3n) is 4.88. The second-order valence-corrected chi connectivity index (χ2v) is 8.83. The van der Waals surface area contributed by atoms with Crippen molar-refractivity contribution in [1.82, 2.24) is 5.32 Å². The van der Waals surface area contributed by atoms with E-state index in [0.29, 0.717) is 13.0 Å². The number of aryl methyl sites for hydroxylation is 1. The maximum atomic E-state index is 12.8. The van der Waals surface area contributed by atoms with Gasteiger partial charge in [-0.05, 0) is 60.9 Å². The Bertz CT molecular complexity index is 1110. The van der Waals surface area contributed by atoms with E-state index in [1.165, 1.54) is 37.3 Å². The average Bonchev–Trinajstić information content (AvgIpc) is 2.72. The molecule has 0 fully saturated rings. The molecular formula is C21H23N3O6S. The number of amides is 2. The van der Waals surface area contributed by atoms with Gasteiger partial charge >= 0.3 is 5.97 Å². The quantitative estimate of drug-likeness (QED) is 0.597. The molecule has 0 saturated heterocycles. The minimum absolute atomic E-state index is 0.00192. The predicted molar refractivity (Wildman–Crippen MR) is 115 cm³/mol. The van der Waals surface area contributed by atoms with Crippen LogP contribution in [-0.4, -0.2) is 44.4 Å². The van der Waals surface area contributed by atoms with Gasteiger partial charge in [-0.2, -0.15) is 0 Å². The van der Waals surface area contributed by atoms with Crippen molar-refractivity contribution in [3.8, 4) is 0 Å². The standard InChI is InChI=1S/C21H23N3O6S/c1-14(25)24-12-2-3-16-13-18(8-9-19(16)24)31(29,30)23-17-6-4-15(5-7-17)21(28)22-11-10-20(26)27/h4-9,13,23H,2-3,10-12H2,1H3,(H,22,28)(H,26,27). The zero-order valence-electron chi connectivity index (χ0n) is 16.9. The highest BCUT2D eigenvalue weighted by Crippen LogP contribution is 2.30. The van der Waals surface area contributed by atoms with Crippen molar-refractivity contribution in [2.24, 2.45) is 0 Å². The first kappa shape index (κ1) is 22.3. The summed E-state index contributed by atoms with van der Waals surface area (Å²) in [6, 6.07) is 10.5. The van der Waals surface area contributed by atoms with Gasteiger partial charge in [0.15, 0.2) is 0 Å². The Morgan fingerprint density at radius 3 is 2.45 bits per heavy atom. The van der Waals surface area contributed by atoms with Gasteiger partial charge in [0.1, 0.15) is 0 Å². The molecule has 2 aromatic rings. The van der Waals surface area contributed by atoms with Crippen LogP contribution in [0.5, 0.6) is 0 Å². The zero-order valence-corrected chi connectivity index (χ0v) is 17.7. The molecule has 0 aromatic heterocycles. The lowest BCUT2D eigenvalue weighted by molar-refractivity contribution is -0.136. The minimum atomic E-state index is -3.86. The summed E-state index contributed by atoms with van der Waals surface area (Å²) in [4.78, 5) is 36.0. The zero-order chi connectivity index (χ0) is 22.6. The van der Waals surface area contributed by atoms with Gasteiger partial charge in [-0.15, -0.1) is 0 Å². The van der Waals surface area contributed by atoms with Gasteiger partial charge in [-0.25, -0.2) is 8.42 Å². The Hall–Kier alpha value is -3.40. The Labute approximate surface area is 180 Å².